The van der Waals surface area contributed by atoms with E-state index < -0.39 is 0 Å². The first kappa shape index (κ1) is 7.08. The maximum atomic E-state index is 5.05. The lowest BCUT2D eigenvalue weighted by atomic mass is 9.98. The summed E-state index contributed by atoms with van der Waals surface area (Å²) >= 11 is 0. The quantitative estimate of drug-likeness (QED) is 0.394. The van der Waals surface area contributed by atoms with E-state index in [4.69, 9.17) is 5.73 Å². The highest BCUT2D eigenvalue weighted by Crippen LogP contribution is 1.82. The van der Waals surface area contributed by atoms with Gasteiger partial charge in [0, 0.05) is 0 Å². The third kappa shape index (κ3) is 5.08. The first-order valence-electron chi connectivity index (χ1n) is 2.48. The third-order valence-corrected chi connectivity index (χ3v) is 0.603. The smallest absolute Gasteiger partial charge is 0.138 e. The number of rotatable bonds is 2. The molecule has 8 heavy (non-hydrogen) atoms. The van der Waals surface area contributed by atoms with Gasteiger partial charge in [0.15, 0.2) is 0 Å². The standard InChI is InChI=1S/C6H10BN/c1-6(7)4-2-3-5-8/h2-5H,1,7-8H2/b4-2-,5-3-. The first-order valence-corrected chi connectivity index (χ1v) is 2.48. The molecule has 0 aliphatic rings. The van der Waals surface area contributed by atoms with Gasteiger partial charge in [-0.1, -0.05) is 17.6 Å². The number of nitrogens with two attached hydrogens (primary N) is 1. The van der Waals surface area contributed by atoms with Gasteiger partial charge in [-0.3, -0.25) is 0 Å². The summed E-state index contributed by atoms with van der Waals surface area (Å²) in [5, 5.41) is 0. The van der Waals surface area contributed by atoms with E-state index in [1.54, 1.807) is 6.08 Å². The highest BCUT2D eigenvalue weighted by atomic mass is 14.5. The lowest BCUT2D eigenvalue weighted by molar-refractivity contribution is 1.60. The summed E-state index contributed by atoms with van der Waals surface area (Å²) in [6.07, 6.45) is 6.99. The zero-order valence-electron chi connectivity index (χ0n) is 5.09. The molecule has 0 aromatic carbocycles. The van der Waals surface area contributed by atoms with Crippen molar-refractivity contribution in [2.24, 2.45) is 5.73 Å². The fourth-order valence-electron chi connectivity index (χ4n) is 0.284. The second kappa shape index (κ2) is 4.25. The van der Waals surface area contributed by atoms with Crippen molar-refractivity contribution in [2.75, 3.05) is 0 Å². The van der Waals surface area contributed by atoms with Crippen molar-refractivity contribution in [3.05, 3.63) is 36.5 Å². The van der Waals surface area contributed by atoms with Crippen LogP contribution in [0.5, 0.6) is 0 Å². The van der Waals surface area contributed by atoms with Crippen molar-refractivity contribution in [3.8, 4) is 0 Å². The second-order valence-electron chi connectivity index (χ2n) is 1.59. The van der Waals surface area contributed by atoms with Gasteiger partial charge in [-0.15, -0.1) is 6.58 Å². The molecule has 0 aromatic rings. The van der Waals surface area contributed by atoms with E-state index in [0.717, 1.165) is 5.47 Å². The SMILES string of the molecule is BC(=C)/C=C\C=C/N. The Morgan fingerprint density at radius 3 is 2.50 bits per heavy atom. The molecule has 0 aliphatic carbocycles. The summed E-state index contributed by atoms with van der Waals surface area (Å²) in [6.45, 7) is 3.67. The molecule has 1 nitrogen and oxygen atoms in total. The molecule has 0 amide bonds. The minimum absolute atomic E-state index is 1.03. The molecule has 0 rings (SSSR count). The Bertz CT molecular complexity index is 124. The van der Waals surface area contributed by atoms with Gasteiger partial charge in [-0.2, -0.15) is 0 Å². The third-order valence-electron chi connectivity index (χ3n) is 0.603. The topological polar surface area (TPSA) is 26.0 Å². The van der Waals surface area contributed by atoms with E-state index in [1.165, 1.54) is 6.20 Å². The zero-order chi connectivity index (χ0) is 6.41. The minimum atomic E-state index is 1.03. The van der Waals surface area contributed by atoms with E-state index in [0.29, 0.717) is 0 Å². The van der Waals surface area contributed by atoms with Gasteiger partial charge >= 0.3 is 0 Å². The molecule has 0 unspecified atom stereocenters. The molecule has 0 radical (unpaired) electrons. The van der Waals surface area contributed by atoms with Gasteiger partial charge in [0.1, 0.15) is 7.85 Å². The zero-order valence-corrected chi connectivity index (χ0v) is 5.09. The van der Waals surface area contributed by atoms with Crippen LogP contribution in [0.2, 0.25) is 0 Å². The average molecular weight is 107 g/mol. The summed E-state index contributed by atoms with van der Waals surface area (Å²) in [6, 6.07) is 0. The largest absolute Gasteiger partial charge is 0.405 e. The molecule has 0 aromatic heterocycles. The molecule has 0 aliphatic heterocycles. The average Bonchev–Trinajstić information content (AvgIpc) is 1.66. The fraction of sp³-hybridized carbons (Fsp3) is 0. The van der Waals surface area contributed by atoms with Gasteiger partial charge in [-0.05, 0) is 12.3 Å². The highest BCUT2D eigenvalue weighted by molar-refractivity contribution is 6.23. The molecule has 2 heteroatoms. The van der Waals surface area contributed by atoms with Crippen LogP contribution in [0.4, 0.5) is 0 Å². The van der Waals surface area contributed by atoms with Crippen molar-refractivity contribution in [1.29, 1.82) is 0 Å². The Hall–Kier alpha value is -0.915. The Morgan fingerprint density at radius 1 is 1.50 bits per heavy atom. The molecule has 0 bridgehead atoms. The molecule has 0 saturated heterocycles. The van der Waals surface area contributed by atoms with Crippen molar-refractivity contribution >= 4 is 7.85 Å². The van der Waals surface area contributed by atoms with Crippen LogP contribution in [-0.2, 0) is 0 Å². The van der Waals surface area contributed by atoms with Crippen molar-refractivity contribution < 1.29 is 0 Å². The predicted octanol–water partition coefficient (Wildman–Crippen LogP) is 0.162. The van der Waals surface area contributed by atoms with Crippen LogP contribution < -0.4 is 5.73 Å². The van der Waals surface area contributed by atoms with Crippen molar-refractivity contribution in [2.45, 2.75) is 0 Å². The van der Waals surface area contributed by atoms with Crippen molar-refractivity contribution in [1.82, 2.24) is 0 Å². The fourth-order valence-corrected chi connectivity index (χ4v) is 0.284. The van der Waals surface area contributed by atoms with Gasteiger partial charge in [0.05, 0.1) is 0 Å². The van der Waals surface area contributed by atoms with Crippen LogP contribution in [-0.4, -0.2) is 7.85 Å². The lowest BCUT2D eigenvalue weighted by Gasteiger charge is -1.78. The van der Waals surface area contributed by atoms with Gasteiger partial charge < -0.3 is 5.73 Å². The summed E-state index contributed by atoms with van der Waals surface area (Å²) < 4.78 is 0. The minimum Gasteiger partial charge on any atom is -0.405 e. The monoisotopic (exact) mass is 107 g/mol. The second-order valence-corrected chi connectivity index (χ2v) is 1.59. The summed E-state index contributed by atoms with van der Waals surface area (Å²) in [5.74, 6) is 0. The van der Waals surface area contributed by atoms with E-state index >= 15 is 0 Å². The number of hydrogen-bond donors (Lipinski definition) is 1. The molecule has 2 N–H and O–H groups in total. The number of allylic oxidation sites excluding steroid dienone is 4. The van der Waals surface area contributed by atoms with Crippen LogP contribution in [0, 0.1) is 0 Å². The molecule has 0 atom stereocenters. The lowest BCUT2D eigenvalue weighted by Crippen LogP contribution is -1.73. The van der Waals surface area contributed by atoms with E-state index in [9.17, 15) is 0 Å². The van der Waals surface area contributed by atoms with Crippen molar-refractivity contribution in [3.63, 3.8) is 0 Å². The maximum absolute atomic E-state index is 5.05. The molecule has 0 heterocycles. The van der Waals surface area contributed by atoms with E-state index in [1.807, 2.05) is 20.0 Å². The Kier molecular flexibility index (Phi) is 3.76. The van der Waals surface area contributed by atoms with Crippen LogP contribution in [0.15, 0.2) is 36.5 Å². The van der Waals surface area contributed by atoms with E-state index in [2.05, 4.69) is 6.58 Å². The summed E-state index contributed by atoms with van der Waals surface area (Å²) in [5.41, 5.74) is 6.08. The van der Waals surface area contributed by atoms with Gasteiger partial charge in [-0.25, -0.2) is 0 Å². The summed E-state index contributed by atoms with van der Waals surface area (Å²) in [4.78, 5) is 0. The van der Waals surface area contributed by atoms with Gasteiger partial charge in [0.25, 0.3) is 0 Å². The predicted molar refractivity (Wildman–Crippen MR) is 40.2 cm³/mol. The molecular formula is C6H10BN. The Morgan fingerprint density at radius 2 is 2.12 bits per heavy atom. The normalized spacial score (nSPS) is 11.0. The molecule has 0 spiro atoms. The summed E-state index contributed by atoms with van der Waals surface area (Å²) in [7, 11) is 1.93. The maximum Gasteiger partial charge on any atom is 0.138 e. The Balaban J connectivity index is 3.50. The Labute approximate surface area is 51.0 Å². The van der Waals surface area contributed by atoms with E-state index in [-0.39, 0.29) is 0 Å². The number of hydrogen-bond acceptors (Lipinski definition) is 1. The van der Waals surface area contributed by atoms with Crippen LogP contribution in [0.1, 0.15) is 0 Å². The molecule has 0 saturated carbocycles. The molecular weight excluding hydrogens is 96.9 g/mol. The first-order chi connectivity index (χ1) is 3.77. The molecule has 42 valence electrons. The van der Waals surface area contributed by atoms with Crippen LogP contribution in [0.25, 0.3) is 0 Å². The van der Waals surface area contributed by atoms with Gasteiger partial charge in [0.2, 0.25) is 0 Å². The highest BCUT2D eigenvalue weighted by Gasteiger charge is 1.67. The van der Waals surface area contributed by atoms with Crippen LogP contribution >= 0.6 is 0 Å². The van der Waals surface area contributed by atoms with Crippen LogP contribution in [0.3, 0.4) is 0 Å². The molecule has 0 fully saturated rings.